The molecule has 0 atom stereocenters. The van der Waals surface area contributed by atoms with Crippen molar-refractivity contribution in [1.29, 1.82) is 5.41 Å². The second-order valence-corrected chi connectivity index (χ2v) is 7.95. The number of H-pyrrole nitrogens is 1. The summed E-state index contributed by atoms with van der Waals surface area (Å²) in [5.41, 5.74) is 1.94. The molecule has 4 heterocycles. The van der Waals surface area contributed by atoms with E-state index in [1.807, 2.05) is 11.0 Å². The molecule has 2 aliphatic rings. The summed E-state index contributed by atoms with van der Waals surface area (Å²) in [4.78, 5) is 31.0. The molecule has 2 aromatic heterocycles. The Kier molecular flexibility index (Phi) is 6.10. The first-order valence-electron chi connectivity index (χ1n) is 11.1. The average Bonchev–Trinajstić information content (AvgIpc) is 3.30. The van der Waals surface area contributed by atoms with Gasteiger partial charge >= 0.3 is 0 Å². The van der Waals surface area contributed by atoms with Crippen molar-refractivity contribution >= 4 is 33.9 Å². The molecule has 1 fully saturated rings. The molecule has 12 heteroatoms. The number of fused-ring (bicyclic) bond motifs is 1. The lowest BCUT2D eigenvalue weighted by Gasteiger charge is -2.28. The van der Waals surface area contributed by atoms with Crippen LogP contribution in [0.15, 0.2) is 48.2 Å². The molecule has 35 heavy (non-hydrogen) atoms. The van der Waals surface area contributed by atoms with Crippen molar-refractivity contribution in [3.05, 3.63) is 65.7 Å². The first kappa shape index (κ1) is 22.5. The van der Waals surface area contributed by atoms with Crippen LogP contribution >= 0.6 is 0 Å². The third-order valence-electron chi connectivity index (χ3n) is 5.71. The topological polar surface area (TPSA) is 144 Å². The van der Waals surface area contributed by atoms with Crippen LogP contribution in [0.5, 0.6) is 0 Å². The smallest absolute Gasteiger partial charge is 0.261 e. The lowest BCUT2D eigenvalue weighted by Crippen LogP contribution is -2.40. The first-order valence-corrected chi connectivity index (χ1v) is 11.1. The maximum absolute atomic E-state index is 15.0. The van der Waals surface area contributed by atoms with E-state index < -0.39 is 11.7 Å². The molecule has 0 radical (unpaired) electrons. The van der Waals surface area contributed by atoms with E-state index in [0.29, 0.717) is 43.3 Å². The summed E-state index contributed by atoms with van der Waals surface area (Å²) < 4.78 is 20.4. The summed E-state index contributed by atoms with van der Waals surface area (Å²) in [5, 5.41) is 17.3. The van der Waals surface area contributed by atoms with Crippen molar-refractivity contribution in [3.63, 3.8) is 0 Å². The monoisotopic (exact) mass is 477 g/mol. The number of ether oxygens (including phenoxy) is 1. The van der Waals surface area contributed by atoms with Crippen molar-refractivity contribution in [2.24, 2.45) is 0 Å². The van der Waals surface area contributed by atoms with Gasteiger partial charge in [0, 0.05) is 44.4 Å². The number of rotatable bonds is 6. The summed E-state index contributed by atoms with van der Waals surface area (Å²) in [5.74, 6) is -0.337. The highest BCUT2D eigenvalue weighted by Gasteiger charge is 2.31. The lowest BCUT2D eigenvalue weighted by molar-refractivity contribution is -0.115. The molecule has 2 aliphatic heterocycles. The quantitative estimate of drug-likeness (QED) is 0.354. The molecule has 3 aromatic rings. The largest absolute Gasteiger partial charge is 0.392 e. The molecule has 180 valence electrons. The van der Waals surface area contributed by atoms with Crippen LogP contribution in [0.1, 0.15) is 11.6 Å². The van der Waals surface area contributed by atoms with Crippen LogP contribution in [0, 0.1) is 11.2 Å². The zero-order valence-electron chi connectivity index (χ0n) is 19.0. The number of aromatic amines is 1. The van der Waals surface area contributed by atoms with Gasteiger partial charge in [-0.1, -0.05) is 0 Å². The fourth-order valence-electron chi connectivity index (χ4n) is 4.05. The van der Waals surface area contributed by atoms with Crippen LogP contribution in [0.25, 0.3) is 16.6 Å². The number of morpholine rings is 1. The third-order valence-corrected chi connectivity index (χ3v) is 5.71. The Bertz CT molecular complexity index is 1340. The molecule has 1 aromatic carbocycles. The van der Waals surface area contributed by atoms with Crippen LogP contribution in [0.4, 0.5) is 10.1 Å². The minimum Gasteiger partial charge on any atom is -0.392 e. The zero-order chi connectivity index (χ0) is 24.4. The van der Waals surface area contributed by atoms with Gasteiger partial charge in [-0.2, -0.15) is 0 Å². The summed E-state index contributed by atoms with van der Waals surface area (Å²) in [6, 6.07) is 4.95. The van der Waals surface area contributed by atoms with Crippen LogP contribution in [-0.4, -0.2) is 64.9 Å². The van der Waals surface area contributed by atoms with Crippen LogP contribution in [-0.2, 0) is 16.1 Å². The molecule has 5 N–H and O–H groups in total. The van der Waals surface area contributed by atoms with Gasteiger partial charge in [-0.15, -0.1) is 0 Å². The SMILES string of the molecule is CN/C=C1/NC(=O)C(c2nc3c(F)cc(N4CCOCC4)cc3[nH]2)=C(NCc2ncccn2)C1=N. The van der Waals surface area contributed by atoms with E-state index in [1.165, 1.54) is 12.3 Å². The predicted octanol–water partition coefficient (Wildman–Crippen LogP) is 1.04. The lowest BCUT2D eigenvalue weighted by atomic mass is 10.0. The van der Waals surface area contributed by atoms with Gasteiger partial charge < -0.3 is 30.6 Å². The Morgan fingerprint density at radius 2 is 2.03 bits per heavy atom. The van der Waals surface area contributed by atoms with Gasteiger partial charge in [0.2, 0.25) is 0 Å². The van der Waals surface area contributed by atoms with Gasteiger partial charge in [0.25, 0.3) is 5.91 Å². The summed E-state index contributed by atoms with van der Waals surface area (Å²) >= 11 is 0. The van der Waals surface area contributed by atoms with Crippen LogP contribution < -0.4 is 20.9 Å². The highest BCUT2D eigenvalue weighted by Crippen LogP contribution is 2.29. The first-order chi connectivity index (χ1) is 17.0. The predicted molar refractivity (Wildman–Crippen MR) is 128 cm³/mol. The van der Waals surface area contributed by atoms with Gasteiger partial charge in [-0.05, 0) is 18.2 Å². The van der Waals surface area contributed by atoms with Gasteiger partial charge in [0.05, 0.1) is 36.7 Å². The minimum atomic E-state index is -0.499. The number of amides is 1. The van der Waals surface area contributed by atoms with Crippen molar-refractivity contribution in [2.45, 2.75) is 6.54 Å². The Morgan fingerprint density at radius 3 is 2.77 bits per heavy atom. The number of benzene rings is 1. The minimum absolute atomic E-state index is 0.0415. The molecule has 0 bridgehead atoms. The molecular formula is C23H24FN9O2. The highest BCUT2D eigenvalue weighted by atomic mass is 19.1. The number of nitrogens with zero attached hydrogens (tertiary/aromatic N) is 4. The van der Waals surface area contributed by atoms with E-state index >= 15 is 4.39 Å². The standard InChI is InChI=1S/C23H24FN9O2/c1-26-11-16-19(25)21(29-12-17-27-3-2-4-28-17)18(23(34)31-16)22-30-15-10-13(9-14(24)20(15)32-22)33-5-7-35-8-6-33/h2-4,9-11,25-26,29H,5-8,12H2,1H3,(H,30,32)(H,31,34)/b16-11+,25-19?. The van der Waals surface area contributed by atoms with E-state index in [9.17, 15) is 4.79 Å². The number of hydrogen-bond acceptors (Lipinski definition) is 9. The third kappa shape index (κ3) is 4.43. The van der Waals surface area contributed by atoms with E-state index in [2.05, 4.69) is 35.9 Å². The molecule has 0 saturated carbocycles. The Hall–Kier alpha value is -4.32. The Balaban J connectivity index is 1.57. The Morgan fingerprint density at radius 1 is 1.26 bits per heavy atom. The number of imidazole rings is 1. The number of nitrogens with one attached hydrogen (secondary N) is 5. The fraction of sp³-hybridized carbons (Fsp3) is 0.261. The number of anilines is 1. The van der Waals surface area contributed by atoms with E-state index in [0.717, 1.165) is 0 Å². The molecule has 0 spiro atoms. The molecular weight excluding hydrogens is 453 g/mol. The molecule has 1 amide bonds. The summed E-state index contributed by atoms with van der Waals surface area (Å²) in [7, 11) is 1.67. The number of halogens is 1. The molecule has 0 aliphatic carbocycles. The normalized spacial score (nSPS) is 17.8. The van der Waals surface area contributed by atoms with Gasteiger partial charge in [0.15, 0.2) is 5.82 Å². The molecule has 1 saturated heterocycles. The van der Waals surface area contributed by atoms with Crippen LogP contribution in [0.2, 0.25) is 0 Å². The summed E-state index contributed by atoms with van der Waals surface area (Å²) in [6.07, 6.45) is 4.74. The number of carbonyl (C=O) groups is 1. The molecule has 11 nitrogen and oxygen atoms in total. The molecule has 5 rings (SSSR count). The maximum Gasteiger partial charge on any atom is 0.261 e. The number of carbonyl (C=O) groups excluding carboxylic acids is 1. The second-order valence-electron chi connectivity index (χ2n) is 7.95. The van der Waals surface area contributed by atoms with E-state index in [1.54, 1.807) is 25.5 Å². The van der Waals surface area contributed by atoms with Crippen molar-refractivity contribution in [2.75, 3.05) is 38.3 Å². The Labute approximate surface area is 200 Å². The van der Waals surface area contributed by atoms with Gasteiger partial charge in [-0.25, -0.2) is 19.3 Å². The van der Waals surface area contributed by atoms with Crippen molar-refractivity contribution < 1.29 is 13.9 Å². The zero-order valence-corrected chi connectivity index (χ0v) is 19.0. The highest BCUT2D eigenvalue weighted by molar-refractivity contribution is 6.33. The van der Waals surface area contributed by atoms with E-state index in [-0.39, 0.29) is 40.6 Å². The number of aromatic nitrogens is 4. The van der Waals surface area contributed by atoms with Crippen molar-refractivity contribution in [3.8, 4) is 0 Å². The molecule has 0 unspecified atom stereocenters. The van der Waals surface area contributed by atoms with Crippen LogP contribution in [0.3, 0.4) is 0 Å². The van der Waals surface area contributed by atoms with Crippen molar-refractivity contribution in [1.82, 2.24) is 35.9 Å². The average molecular weight is 478 g/mol. The van der Waals surface area contributed by atoms with Gasteiger partial charge in [0.1, 0.15) is 28.5 Å². The maximum atomic E-state index is 15.0. The fourth-order valence-corrected chi connectivity index (χ4v) is 4.05. The second kappa shape index (κ2) is 9.50. The van der Waals surface area contributed by atoms with Gasteiger partial charge in [-0.3, -0.25) is 10.2 Å². The number of hydrogen-bond donors (Lipinski definition) is 5. The summed E-state index contributed by atoms with van der Waals surface area (Å²) in [6.45, 7) is 2.65. The van der Waals surface area contributed by atoms with E-state index in [4.69, 9.17) is 10.1 Å².